The van der Waals surface area contributed by atoms with E-state index >= 15 is 0 Å². The van der Waals surface area contributed by atoms with Crippen molar-refractivity contribution in [1.29, 1.82) is 0 Å². The largest absolute Gasteiger partial charge is 0.321 e. The van der Waals surface area contributed by atoms with Crippen molar-refractivity contribution < 1.29 is 5.21 Å². The fraction of sp³-hybridized carbons (Fsp3) is 0.182. The van der Waals surface area contributed by atoms with Crippen molar-refractivity contribution in [2.75, 3.05) is 4.90 Å². The minimum atomic E-state index is 0.243. The molecule has 0 aliphatic carbocycles. The number of aliphatic imine (C=N–C) groups is 1. The van der Waals surface area contributed by atoms with Gasteiger partial charge in [0.05, 0.1) is 17.1 Å². The van der Waals surface area contributed by atoms with E-state index in [1.54, 1.807) is 0 Å². The van der Waals surface area contributed by atoms with Crippen molar-refractivity contribution in [3.63, 3.8) is 0 Å². The highest BCUT2D eigenvalue weighted by Crippen LogP contribution is 2.40. The van der Waals surface area contributed by atoms with Crippen molar-refractivity contribution in [1.82, 2.24) is 10.5 Å². The first-order valence-electron chi connectivity index (χ1n) is 9.07. The third-order valence-corrected chi connectivity index (χ3v) is 4.67. The molecule has 2 aromatic carbocycles. The first-order chi connectivity index (χ1) is 13.2. The Labute approximate surface area is 159 Å². The van der Waals surface area contributed by atoms with Crippen LogP contribution in [0.1, 0.15) is 30.5 Å². The van der Waals surface area contributed by atoms with Crippen LogP contribution in [-0.2, 0) is 6.54 Å². The molecule has 0 unspecified atom stereocenters. The van der Waals surface area contributed by atoms with E-state index in [-0.39, 0.29) is 6.04 Å². The van der Waals surface area contributed by atoms with Crippen molar-refractivity contribution in [3.8, 4) is 0 Å². The summed E-state index contributed by atoms with van der Waals surface area (Å²) in [5, 5.41) is 8.91. The standard InChI is InChI=1S/C22H22N4O/c1-15(2)26-20-8-4-3-7-19(20)25-21(18-6-5-13-23-22(18)26)17-11-9-16(10-12-17)14-24-27/h3-13,15,24,27H,14H2,1-2H3. The van der Waals surface area contributed by atoms with E-state index in [4.69, 9.17) is 15.2 Å². The average molecular weight is 358 g/mol. The van der Waals surface area contributed by atoms with Crippen LogP contribution in [-0.4, -0.2) is 21.9 Å². The Bertz CT molecular complexity index is 980. The van der Waals surface area contributed by atoms with Gasteiger partial charge in [0.25, 0.3) is 0 Å². The van der Waals surface area contributed by atoms with Gasteiger partial charge in [0.2, 0.25) is 0 Å². The van der Waals surface area contributed by atoms with Gasteiger partial charge in [-0.2, -0.15) is 0 Å². The highest BCUT2D eigenvalue weighted by atomic mass is 16.5. The topological polar surface area (TPSA) is 60.8 Å². The number of benzene rings is 2. The molecule has 2 heterocycles. The molecule has 27 heavy (non-hydrogen) atoms. The summed E-state index contributed by atoms with van der Waals surface area (Å²) in [6, 6.07) is 20.5. The van der Waals surface area contributed by atoms with Crippen LogP contribution in [0.3, 0.4) is 0 Å². The zero-order valence-corrected chi connectivity index (χ0v) is 15.4. The fourth-order valence-electron chi connectivity index (χ4n) is 3.45. The molecule has 1 aliphatic rings. The minimum absolute atomic E-state index is 0.243. The molecule has 3 aromatic rings. The van der Waals surface area contributed by atoms with Gasteiger partial charge < -0.3 is 10.1 Å². The number of hydrogen-bond donors (Lipinski definition) is 2. The van der Waals surface area contributed by atoms with Gasteiger partial charge in [-0.3, -0.25) is 0 Å². The van der Waals surface area contributed by atoms with Crippen molar-refractivity contribution in [2.45, 2.75) is 26.4 Å². The second-order valence-electron chi connectivity index (χ2n) is 6.82. The lowest BCUT2D eigenvalue weighted by atomic mass is 10.0. The molecule has 4 rings (SSSR count). The number of nitrogens with zero attached hydrogens (tertiary/aromatic N) is 3. The Kier molecular flexibility index (Phi) is 4.71. The van der Waals surface area contributed by atoms with Gasteiger partial charge in [-0.05, 0) is 43.7 Å². The van der Waals surface area contributed by atoms with E-state index in [0.29, 0.717) is 6.54 Å². The van der Waals surface area contributed by atoms with Gasteiger partial charge in [-0.25, -0.2) is 15.5 Å². The number of para-hydroxylation sites is 2. The van der Waals surface area contributed by atoms with Gasteiger partial charge in [-0.1, -0.05) is 36.4 Å². The Morgan fingerprint density at radius 3 is 2.52 bits per heavy atom. The molecular weight excluding hydrogens is 336 g/mol. The maximum atomic E-state index is 8.91. The predicted octanol–water partition coefficient (Wildman–Crippen LogP) is 4.59. The highest BCUT2D eigenvalue weighted by molar-refractivity contribution is 6.18. The molecule has 1 aromatic heterocycles. The van der Waals surface area contributed by atoms with Crippen LogP contribution in [0.4, 0.5) is 17.2 Å². The number of fused-ring (bicyclic) bond motifs is 2. The summed E-state index contributed by atoms with van der Waals surface area (Å²) in [5.41, 5.74) is 8.12. The molecule has 5 heteroatoms. The van der Waals surface area contributed by atoms with E-state index < -0.39 is 0 Å². The van der Waals surface area contributed by atoms with E-state index in [1.165, 1.54) is 0 Å². The normalized spacial score (nSPS) is 13.0. The second-order valence-corrected chi connectivity index (χ2v) is 6.82. The van der Waals surface area contributed by atoms with E-state index in [1.807, 2.05) is 54.7 Å². The van der Waals surface area contributed by atoms with Gasteiger partial charge in [0, 0.05) is 29.9 Å². The Morgan fingerprint density at radius 1 is 1.00 bits per heavy atom. The number of aromatic nitrogens is 1. The summed E-state index contributed by atoms with van der Waals surface area (Å²) in [4.78, 5) is 12.0. The first-order valence-corrected chi connectivity index (χ1v) is 9.07. The lowest BCUT2D eigenvalue weighted by Crippen LogP contribution is -2.27. The second kappa shape index (κ2) is 7.31. The number of hydroxylamine groups is 1. The first kappa shape index (κ1) is 17.4. The third kappa shape index (κ3) is 3.23. The van der Waals surface area contributed by atoms with Crippen molar-refractivity contribution >= 4 is 22.9 Å². The van der Waals surface area contributed by atoms with Crippen LogP contribution < -0.4 is 10.4 Å². The average Bonchev–Trinajstić information content (AvgIpc) is 2.83. The summed E-state index contributed by atoms with van der Waals surface area (Å²) in [5.74, 6) is 0.914. The zero-order chi connectivity index (χ0) is 18.8. The molecule has 0 fully saturated rings. The predicted molar refractivity (Wildman–Crippen MR) is 108 cm³/mol. The number of nitrogens with one attached hydrogen (secondary N) is 1. The number of rotatable bonds is 4. The Morgan fingerprint density at radius 2 is 1.78 bits per heavy atom. The smallest absolute Gasteiger partial charge is 0.142 e. The molecular formula is C22H22N4O. The molecule has 0 saturated heterocycles. The van der Waals surface area contributed by atoms with Crippen LogP contribution >= 0.6 is 0 Å². The SMILES string of the molecule is CC(C)N1c2ccccc2N=C(c2ccc(CNO)cc2)c2cccnc21. The van der Waals surface area contributed by atoms with E-state index in [2.05, 4.69) is 36.4 Å². The van der Waals surface area contributed by atoms with Crippen molar-refractivity contribution in [3.05, 3.63) is 83.6 Å². The molecule has 2 N–H and O–H groups in total. The van der Waals surface area contributed by atoms with Crippen molar-refractivity contribution in [2.24, 2.45) is 4.99 Å². The Balaban J connectivity index is 1.93. The van der Waals surface area contributed by atoms with Crippen LogP contribution in [0.5, 0.6) is 0 Å². The molecule has 0 bridgehead atoms. The molecule has 0 saturated carbocycles. The van der Waals surface area contributed by atoms with Gasteiger partial charge >= 0.3 is 0 Å². The number of anilines is 2. The van der Waals surface area contributed by atoms with Gasteiger partial charge in [-0.15, -0.1) is 0 Å². The molecule has 0 radical (unpaired) electrons. The summed E-state index contributed by atoms with van der Waals surface area (Å²) < 4.78 is 0. The molecule has 136 valence electrons. The molecule has 0 amide bonds. The van der Waals surface area contributed by atoms with Crippen LogP contribution in [0, 0.1) is 0 Å². The molecule has 5 nitrogen and oxygen atoms in total. The summed E-state index contributed by atoms with van der Waals surface area (Å²) in [6.45, 7) is 4.74. The zero-order valence-electron chi connectivity index (χ0n) is 15.4. The lowest BCUT2D eigenvalue weighted by molar-refractivity contribution is 0.161. The van der Waals surface area contributed by atoms with Crippen LogP contribution in [0.25, 0.3) is 0 Å². The number of hydrogen-bond acceptors (Lipinski definition) is 5. The maximum absolute atomic E-state index is 8.91. The van der Waals surface area contributed by atoms with E-state index in [0.717, 1.165) is 39.6 Å². The molecule has 1 aliphatic heterocycles. The van der Waals surface area contributed by atoms with Gasteiger partial charge in [0.15, 0.2) is 0 Å². The minimum Gasteiger partial charge on any atom is -0.321 e. The Hall–Kier alpha value is -3.02. The van der Waals surface area contributed by atoms with Gasteiger partial charge in [0.1, 0.15) is 5.82 Å². The van der Waals surface area contributed by atoms with Crippen LogP contribution in [0.15, 0.2) is 71.9 Å². The van der Waals surface area contributed by atoms with E-state index in [9.17, 15) is 0 Å². The van der Waals surface area contributed by atoms with Crippen LogP contribution in [0.2, 0.25) is 0 Å². The monoisotopic (exact) mass is 358 g/mol. The quantitative estimate of drug-likeness (QED) is 0.670. The molecule has 0 spiro atoms. The highest BCUT2D eigenvalue weighted by Gasteiger charge is 2.26. The summed E-state index contributed by atoms with van der Waals surface area (Å²) in [7, 11) is 0. The third-order valence-electron chi connectivity index (χ3n) is 4.67. The summed E-state index contributed by atoms with van der Waals surface area (Å²) >= 11 is 0. The summed E-state index contributed by atoms with van der Waals surface area (Å²) in [6.07, 6.45) is 1.83. The fourth-order valence-corrected chi connectivity index (χ4v) is 3.45. The number of pyridine rings is 1. The lowest BCUT2D eigenvalue weighted by Gasteiger charge is -2.29. The maximum Gasteiger partial charge on any atom is 0.142 e. The molecule has 0 atom stereocenters.